The number of rotatable bonds is 13. The molecule has 20 nitrogen and oxygen atoms in total. The smallest absolute Gasteiger partial charge is 0.217 e. The Morgan fingerprint density at radius 2 is 1.20 bits per heavy atom. The molecule has 268 valence electrons. The minimum Gasteiger partial charge on any atom is -0.394 e. The Hall–Kier alpha value is -1.70. The van der Waals surface area contributed by atoms with Crippen molar-refractivity contribution in [3.05, 3.63) is 0 Å². The summed E-state index contributed by atoms with van der Waals surface area (Å²) in [6, 6.07) is -2.87. The number of carbonyl (C=O) groups is 2. The number of aliphatic hydroxyl groups excluding tert-OH is 10. The quantitative estimate of drug-likeness (QED) is 0.0863. The number of aliphatic hydroxyl groups is 10. The van der Waals surface area contributed by atoms with E-state index in [9.17, 15) is 60.7 Å². The van der Waals surface area contributed by atoms with Crippen LogP contribution in [0.5, 0.6) is 0 Å². The van der Waals surface area contributed by atoms with Crippen LogP contribution in [-0.4, -0.2) is 194 Å². The van der Waals surface area contributed by atoms with Crippen LogP contribution in [0.4, 0.5) is 0 Å². The summed E-state index contributed by atoms with van der Waals surface area (Å²) in [4.78, 5) is 24.0. The van der Waals surface area contributed by atoms with Crippen LogP contribution < -0.4 is 10.6 Å². The van der Waals surface area contributed by atoms with Crippen molar-refractivity contribution in [3.8, 4) is 0 Å². The summed E-state index contributed by atoms with van der Waals surface area (Å²) in [6.07, 6.45) is -23.7. The van der Waals surface area contributed by atoms with E-state index in [1.807, 2.05) is 0 Å². The molecule has 3 heterocycles. The monoisotopic (exact) mass is 674 g/mol. The van der Waals surface area contributed by atoms with Crippen molar-refractivity contribution in [2.75, 3.05) is 26.4 Å². The second kappa shape index (κ2) is 17.1. The van der Waals surface area contributed by atoms with E-state index < -0.39 is 142 Å². The van der Waals surface area contributed by atoms with E-state index in [4.69, 9.17) is 28.4 Å². The van der Waals surface area contributed by atoms with E-state index in [1.165, 1.54) is 6.92 Å². The first-order valence-corrected chi connectivity index (χ1v) is 14.7. The Balaban J connectivity index is 1.88. The Kier molecular flexibility index (Phi) is 14.4. The molecular formula is C26H46N2O18. The number of nitrogens with one attached hydrogen (secondary N) is 2. The first-order chi connectivity index (χ1) is 21.7. The van der Waals surface area contributed by atoms with Gasteiger partial charge in [0.25, 0.3) is 0 Å². The lowest BCUT2D eigenvalue weighted by atomic mass is 9.94. The van der Waals surface area contributed by atoms with Gasteiger partial charge in [-0.15, -0.1) is 0 Å². The molecule has 2 amide bonds. The van der Waals surface area contributed by atoms with E-state index in [0.717, 1.165) is 13.8 Å². The van der Waals surface area contributed by atoms with Gasteiger partial charge in [0.15, 0.2) is 18.9 Å². The molecule has 3 aliphatic heterocycles. The molecule has 0 aromatic rings. The lowest BCUT2D eigenvalue weighted by Crippen LogP contribution is -2.70. The number of ether oxygens (including phenoxy) is 6. The minimum atomic E-state index is -1.92. The first kappa shape index (κ1) is 38.7. The molecule has 0 aromatic heterocycles. The maximum atomic E-state index is 12.2. The molecule has 0 radical (unpaired) electrons. The largest absolute Gasteiger partial charge is 0.394 e. The number of hydrogen-bond donors (Lipinski definition) is 12. The Labute approximate surface area is 263 Å². The lowest BCUT2D eigenvalue weighted by Gasteiger charge is -2.49. The van der Waals surface area contributed by atoms with Crippen LogP contribution >= 0.6 is 0 Å². The molecule has 17 atom stereocenters. The zero-order chi connectivity index (χ0) is 34.5. The van der Waals surface area contributed by atoms with Gasteiger partial charge in [0, 0.05) is 13.8 Å². The molecule has 0 bridgehead atoms. The minimum absolute atomic E-state index is 0.611. The molecule has 46 heavy (non-hydrogen) atoms. The third-order valence-electron chi connectivity index (χ3n) is 7.94. The van der Waals surface area contributed by atoms with Crippen molar-refractivity contribution in [3.63, 3.8) is 0 Å². The topological polar surface area (TPSA) is 316 Å². The van der Waals surface area contributed by atoms with Crippen molar-refractivity contribution in [2.45, 2.75) is 125 Å². The molecular weight excluding hydrogens is 628 g/mol. The predicted octanol–water partition coefficient (Wildman–Crippen LogP) is -7.52. The van der Waals surface area contributed by atoms with Gasteiger partial charge in [-0.3, -0.25) is 9.59 Å². The molecule has 20 heteroatoms. The van der Waals surface area contributed by atoms with Crippen molar-refractivity contribution >= 4 is 11.8 Å². The standard InChI is InChI=1S/C26H46N2O18/c1-8-17(36)19(38)15(27-9(2)33)24(41-8)45-22-14(7-32)44-25(16(20(22)39)28-10(3)34)46-23-18(37)13(6-31)43-26(21(23)40)42-12(5-30)11(35)4-29/h8,11-26,29-32,35-40H,4-7H2,1-3H3,(H,27,33)(H,28,34)/t8-,11+,12-,13-,14-,15-,16-,17+,18-,19-,20-,21+,22+,23+,24-,25-,26-/m1/s1. The fourth-order valence-electron chi connectivity index (χ4n) is 5.45. The lowest BCUT2D eigenvalue weighted by molar-refractivity contribution is -0.365. The van der Waals surface area contributed by atoms with Gasteiger partial charge in [0.2, 0.25) is 11.8 Å². The van der Waals surface area contributed by atoms with Crippen LogP contribution in [0, 0.1) is 0 Å². The number of hydrogen-bond acceptors (Lipinski definition) is 18. The summed E-state index contributed by atoms with van der Waals surface area (Å²) in [7, 11) is 0. The van der Waals surface area contributed by atoms with E-state index in [-0.39, 0.29) is 0 Å². The molecule has 12 N–H and O–H groups in total. The molecule has 0 aliphatic carbocycles. The van der Waals surface area contributed by atoms with E-state index >= 15 is 0 Å². The number of carbonyl (C=O) groups excluding carboxylic acids is 2. The van der Waals surface area contributed by atoms with Gasteiger partial charge in [-0.25, -0.2) is 0 Å². The summed E-state index contributed by atoms with van der Waals surface area (Å²) in [5, 5.41) is 108. The third kappa shape index (κ3) is 8.85. The van der Waals surface area contributed by atoms with Gasteiger partial charge in [-0.05, 0) is 6.92 Å². The predicted molar refractivity (Wildman–Crippen MR) is 146 cm³/mol. The van der Waals surface area contributed by atoms with Gasteiger partial charge < -0.3 is 90.1 Å². The molecule has 3 rings (SSSR count). The average Bonchev–Trinajstić information content (AvgIpc) is 3.01. The Morgan fingerprint density at radius 1 is 0.674 bits per heavy atom. The summed E-state index contributed by atoms with van der Waals surface area (Å²) >= 11 is 0. The van der Waals surface area contributed by atoms with Gasteiger partial charge in [-0.2, -0.15) is 0 Å². The summed E-state index contributed by atoms with van der Waals surface area (Å²) in [6.45, 7) is 0.350. The fourth-order valence-corrected chi connectivity index (χ4v) is 5.45. The van der Waals surface area contributed by atoms with Crippen molar-refractivity contribution in [1.82, 2.24) is 10.6 Å². The highest BCUT2D eigenvalue weighted by atomic mass is 16.7. The summed E-state index contributed by atoms with van der Waals surface area (Å²) in [5.74, 6) is -1.31. The van der Waals surface area contributed by atoms with Gasteiger partial charge in [-0.1, -0.05) is 0 Å². The summed E-state index contributed by atoms with van der Waals surface area (Å²) < 4.78 is 33.9. The van der Waals surface area contributed by atoms with E-state index in [1.54, 1.807) is 0 Å². The fraction of sp³-hybridized carbons (Fsp3) is 0.923. The number of amides is 2. The SMILES string of the molecule is CC(=O)N[C@H]1[C@@H](O[C@@H]2[C@H](O)[C@H](O[C@H](CO)[C@@H](O)CO)O[C@H](CO)[C@H]2O)O[C@H](CO)[C@H](O[C@H]2O[C@H](C)[C@H](O)[C@H](O)[C@H]2NC(C)=O)[C@@H]1O. The zero-order valence-electron chi connectivity index (χ0n) is 25.4. The molecule has 0 aromatic carbocycles. The molecule has 3 aliphatic rings. The van der Waals surface area contributed by atoms with Gasteiger partial charge in [0.05, 0.1) is 32.5 Å². The molecule has 0 spiro atoms. The Morgan fingerprint density at radius 3 is 1.72 bits per heavy atom. The normalized spacial score (nSPS) is 43.0. The second-order valence-corrected chi connectivity index (χ2v) is 11.4. The van der Waals surface area contributed by atoms with Crippen molar-refractivity contribution in [2.24, 2.45) is 0 Å². The molecule has 0 unspecified atom stereocenters. The summed E-state index contributed by atoms with van der Waals surface area (Å²) in [5.41, 5.74) is 0. The Bertz CT molecular complexity index is 981. The van der Waals surface area contributed by atoms with E-state index in [2.05, 4.69) is 10.6 Å². The highest BCUT2D eigenvalue weighted by molar-refractivity contribution is 5.73. The molecule has 3 saturated heterocycles. The second-order valence-electron chi connectivity index (χ2n) is 11.4. The van der Waals surface area contributed by atoms with Crippen LogP contribution in [0.1, 0.15) is 20.8 Å². The van der Waals surface area contributed by atoms with E-state index in [0.29, 0.717) is 0 Å². The van der Waals surface area contributed by atoms with Gasteiger partial charge in [0.1, 0.15) is 79.2 Å². The maximum Gasteiger partial charge on any atom is 0.217 e. The van der Waals surface area contributed by atoms with Crippen LogP contribution in [0.15, 0.2) is 0 Å². The van der Waals surface area contributed by atoms with Crippen LogP contribution in [0.3, 0.4) is 0 Å². The maximum absolute atomic E-state index is 12.2. The van der Waals surface area contributed by atoms with Crippen molar-refractivity contribution < 1.29 is 89.1 Å². The van der Waals surface area contributed by atoms with Gasteiger partial charge >= 0.3 is 0 Å². The third-order valence-corrected chi connectivity index (χ3v) is 7.94. The molecule has 0 saturated carbocycles. The van der Waals surface area contributed by atoms with Crippen LogP contribution in [0.2, 0.25) is 0 Å². The zero-order valence-corrected chi connectivity index (χ0v) is 25.4. The average molecular weight is 675 g/mol. The first-order valence-electron chi connectivity index (χ1n) is 14.7. The highest BCUT2D eigenvalue weighted by Crippen LogP contribution is 2.33. The van der Waals surface area contributed by atoms with Crippen molar-refractivity contribution in [1.29, 1.82) is 0 Å². The van der Waals surface area contributed by atoms with Crippen LogP contribution in [-0.2, 0) is 38.0 Å². The van der Waals surface area contributed by atoms with Crippen LogP contribution in [0.25, 0.3) is 0 Å². The highest BCUT2D eigenvalue weighted by Gasteiger charge is 2.54. The molecule has 3 fully saturated rings.